The largest absolute Gasteiger partial charge is 0.478 e. The van der Waals surface area contributed by atoms with Gasteiger partial charge < -0.3 is 19.3 Å². The number of imidazole rings is 1. The first-order chi connectivity index (χ1) is 23.1. The molecule has 48 heavy (non-hydrogen) atoms. The molecule has 1 N–H and O–H groups in total. The van der Waals surface area contributed by atoms with Crippen LogP contribution in [0.1, 0.15) is 66.9 Å². The van der Waals surface area contributed by atoms with Crippen molar-refractivity contribution in [3.8, 4) is 18.7 Å². The molecule has 1 atom stereocenters. The molecule has 4 aromatic rings. The third-order valence-electron chi connectivity index (χ3n) is 7.95. The molecule has 10 heteroatoms. The minimum atomic E-state index is -0.867. The van der Waals surface area contributed by atoms with Crippen molar-refractivity contribution < 1.29 is 19.0 Å². The molecule has 2 aromatic heterocycles. The number of terminal acetylenes is 1. The van der Waals surface area contributed by atoms with Gasteiger partial charge in [0.2, 0.25) is 5.88 Å². The summed E-state index contributed by atoms with van der Waals surface area (Å²) in [6, 6.07) is 15.9. The molecule has 0 bridgehead atoms. The van der Waals surface area contributed by atoms with E-state index in [-0.39, 0.29) is 12.4 Å². The second kappa shape index (κ2) is 20.8. The van der Waals surface area contributed by atoms with Gasteiger partial charge in [-0.05, 0) is 88.5 Å². The Bertz CT molecular complexity index is 1570. The molecule has 0 aliphatic carbocycles. The van der Waals surface area contributed by atoms with Crippen LogP contribution in [0.5, 0.6) is 5.88 Å². The fourth-order valence-electron chi connectivity index (χ4n) is 5.08. The van der Waals surface area contributed by atoms with Gasteiger partial charge in [0.1, 0.15) is 18.2 Å². The summed E-state index contributed by atoms with van der Waals surface area (Å²) in [5, 5.41) is 8.98. The van der Waals surface area contributed by atoms with Crippen molar-refractivity contribution >= 4 is 23.4 Å². The minimum Gasteiger partial charge on any atom is -0.478 e. The maximum atomic E-state index is 13.9. The van der Waals surface area contributed by atoms with E-state index in [9.17, 15) is 9.18 Å². The van der Waals surface area contributed by atoms with E-state index in [0.717, 1.165) is 56.1 Å². The zero-order chi connectivity index (χ0) is 35.6. The molecular formula is C38H49ClFN5O3. The molecule has 1 fully saturated rings. The highest BCUT2D eigenvalue weighted by atomic mass is 35.5. The maximum absolute atomic E-state index is 13.9. The van der Waals surface area contributed by atoms with Gasteiger partial charge in [-0.25, -0.2) is 14.2 Å². The molecule has 0 spiro atoms. The van der Waals surface area contributed by atoms with Gasteiger partial charge in [0.25, 0.3) is 0 Å². The van der Waals surface area contributed by atoms with E-state index in [1.165, 1.54) is 18.2 Å². The Kier molecular flexibility index (Phi) is 17.2. The fourth-order valence-corrected chi connectivity index (χ4v) is 5.23. The zero-order valence-corrected chi connectivity index (χ0v) is 29.8. The van der Waals surface area contributed by atoms with E-state index in [1.807, 2.05) is 44.6 Å². The molecule has 1 unspecified atom stereocenters. The number of carboxylic acid groups (broad SMARTS) is 1. The molecule has 1 saturated heterocycles. The molecule has 5 rings (SSSR count). The van der Waals surface area contributed by atoms with Crippen molar-refractivity contribution in [1.82, 2.24) is 19.4 Å². The highest BCUT2D eigenvalue weighted by Crippen LogP contribution is 2.22. The summed E-state index contributed by atoms with van der Waals surface area (Å²) in [5.41, 5.74) is 4.27. The Morgan fingerprint density at radius 3 is 2.40 bits per heavy atom. The number of aryl methyl sites for hydroxylation is 4. The lowest BCUT2D eigenvalue weighted by Gasteiger charge is -2.40. The van der Waals surface area contributed by atoms with E-state index >= 15 is 0 Å². The van der Waals surface area contributed by atoms with Crippen LogP contribution in [0.15, 0.2) is 67.1 Å². The van der Waals surface area contributed by atoms with Gasteiger partial charge in [0.15, 0.2) is 0 Å². The summed E-state index contributed by atoms with van der Waals surface area (Å²) in [5.74, 6) is 0.171. The van der Waals surface area contributed by atoms with Crippen molar-refractivity contribution in [2.24, 2.45) is 0 Å². The predicted octanol–water partition coefficient (Wildman–Crippen LogP) is 8.09. The number of hydrogen-bond donors (Lipinski definition) is 1. The molecule has 2 aromatic carbocycles. The van der Waals surface area contributed by atoms with Crippen LogP contribution in [0.25, 0.3) is 0 Å². The monoisotopic (exact) mass is 677 g/mol. The molecule has 0 radical (unpaired) electrons. The van der Waals surface area contributed by atoms with E-state index in [1.54, 1.807) is 30.3 Å². The zero-order valence-electron chi connectivity index (χ0n) is 29.0. The number of piperazine rings is 1. The summed E-state index contributed by atoms with van der Waals surface area (Å²) >= 11 is 5.78. The topological polar surface area (TPSA) is 83.7 Å². The van der Waals surface area contributed by atoms with Crippen molar-refractivity contribution in [3.05, 3.63) is 106 Å². The van der Waals surface area contributed by atoms with Crippen LogP contribution in [0, 0.1) is 32.5 Å². The lowest BCUT2D eigenvalue weighted by molar-refractivity contribution is 0.0696. The third kappa shape index (κ3) is 12.3. The highest BCUT2D eigenvalue weighted by molar-refractivity contribution is 6.30. The van der Waals surface area contributed by atoms with Gasteiger partial charge in [0.05, 0.1) is 11.9 Å². The van der Waals surface area contributed by atoms with Crippen molar-refractivity contribution in [3.63, 3.8) is 0 Å². The average molecular weight is 678 g/mol. The maximum Gasteiger partial charge on any atom is 0.335 e. The van der Waals surface area contributed by atoms with Crippen LogP contribution in [0.3, 0.4) is 0 Å². The lowest BCUT2D eigenvalue weighted by Crippen LogP contribution is -2.52. The van der Waals surface area contributed by atoms with E-state index < -0.39 is 5.97 Å². The smallest absolute Gasteiger partial charge is 0.335 e. The van der Waals surface area contributed by atoms with Crippen molar-refractivity contribution in [1.29, 1.82) is 0 Å². The number of carboxylic acids is 1. The number of benzene rings is 2. The Hall–Kier alpha value is -4.39. The van der Waals surface area contributed by atoms with E-state index in [4.69, 9.17) is 21.4 Å². The number of anilines is 1. The first-order valence-electron chi connectivity index (χ1n) is 16.2. The predicted molar refractivity (Wildman–Crippen MR) is 194 cm³/mol. The highest BCUT2D eigenvalue weighted by Gasteiger charge is 2.24. The average Bonchev–Trinajstić information content (AvgIpc) is 3.56. The Balaban J connectivity index is 0.000000298. The Morgan fingerprint density at radius 1 is 1.06 bits per heavy atom. The normalized spacial score (nSPS) is 14.0. The number of rotatable bonds is 9. The Labute approximate surface area is 290 Å². The summed E-state index contributed by atoms with van der Waals surface area (Å²) in [4.78, 5) is 23.9. The van der Waals surface area contributed by atoms with Gasteiger partial charge in [-0.15, -0.1) is 12.8 Å². The molecule has 0 saturated carbocycles. The molecular weight excluding hydrogens is 629 g/mol. The van der Waals surface area contributed by atoms with Gasteiger partial charge in [-0.3, -0.25) is 4.90 Å². The van der Waals surface area contributed by atoms with Gasteiger partial charge in [-0.1, -0.05) is 43.6 Å². The number of carbonyl (C=O) groups is 1. The molecule has 1 aliphatic heterocycles. The summed E-state index contributed by atoms with van der Waals surface area (Å²) in [6.45, 7) is 17.8. The Morgan fingerprint density at radius 2 is 1.81 bits per heavy atom. The fraction of sp³-hybridized carbons (Fsp3) is 0.395. The number of aromatic carboxylic acids is 1. The van der Waals surface area contributed by atoms with Crippen LogP contribution in [0.2, 0.25) is 5.02 Å². The molecule has 8 nitrogen and oxygen atoms in total. The van der Waals surface area contributed by atoms with Crippen molar-refractivity contribution in [2.75, 3.05) is 31.1 Å². The van der Waals surface area contributed by atoms with Crippen LogP contribution in [-0.2, 0) is 19.6 Å². The standard InChI is InChI=1S/C20H25ClFN3O.C9H10O2.C7H12N2.C2H2/c1-3-9-24-10-11-25(13-15(24)2)19-5-4-6-20(23-19)26-14-16-7-8-17(21)12-18(16)22;1-6-3-4-8(9(10)11)5-7(6)2;1-3-7-5-8-6-9(7)4-2;1-2/h4-8,12,15H,3,9-11,13-14H2,1-2H3;3-5H,1-2H3,(H,10,11);5-6H,3-4H2,1-2H3;1-2H. The lowest BCUT2D eigenvalue weighted by atomic mass is 10.1. The van der Waals surface area contributed by atoms with Gasteiger partial charge >= 0.3 is 5.97 Å². The quantitative estimate of drug-likeness (QED) is 0.179. The second-order valence-corrected chi connectivity index (χ2v) is 11.8. The molecule has 1 aliphatic rings. The summed E-state index contributed by atoms with van der Waals surface area (Å²) in [7, 11) is 0. The first-order valence-corrected chi connectivity index (χ1v) is 16.6. The molecule has 0 amide bonds. The van der Waals surface area contributed by atoms with Crippen molar-refractivity contribution in [2.45, 2.75) is 73.6 Å². The summed E-state index contributed by atoms with van der Waals surface area (Å²) in [6.07, 6.45) is 14.0. The van der Waals surface area contributed by atoms with Gasteiger partial charge in [-0.2, -0.15) is 4.98 Å². The van der Waals surface area contributed by atoms with Crippen LogP contribution in [-0.4, -0.2) is 62.7 Å². The number of nitrogens with zero attached hydrogens (tertiary/aromatic N) is 5. The van der Waals surface area contributed by atoms with Crippen LogP contribution >= 0.6 is 11.6 Å². The molecule has 258 valence electrons. The SMILES string of the molecule is C#C.CCCN1CCN(c2cccc(OCc3ccc(Cl)cc3F)n2)CC1C.CCc1cncn1CC.Cc1ccc(C(=O)O)cc1C. The number of aromatic nitrogens is 3. The number of halogens is 2. The number of pyridine rings is 1. The van der Waals surface area contributed by atoms with Crippen LogP contribution in [0.4, 0.5) is 10.2 Å². The second-order valence-electron chi connectivity index (χ2n) is 11.3. The first kappa shape index (κ1) is 39.8. The number of ether oxygens (including phenoxy) is 1. The van der Waals surface area contributed by atoms with E-state index in [0.29, 0.717) is 28.1 Å². The molecule has 3 heterocycles. The minimum absolute atomic E-state index is 0.125. The third-order valence-corrected chi connectivity index (χ3v) is 8.19. The summed E-state index contributed by atoms with van der Waals surface area (Å²) < 4.78 is 21.7. The van der Waals surface area contributed by atoms with E-state index in [2.05, 4.69) is 64.9 Å². The number of hydrogen-bond acceptors (Lipinski definition) is 6. The van der Waals surface area contributed by atoms with Crippen LogP contribution < -0.4 is 9.64 Å². The van der Waals surface area contributed by atoms with Gasteiger partial charge in [0, 0.05) is 60.8 Å².